The fourth-order valence-electron chi connectivity index (χ4n) is 2.64. The maximum absolute atomic E-state index is 12.4. The zero-order valence-electron chi connectivity index (χ0n) is 13.1. The zero-order chi connectivity index (χ0) is 17.3. The van der Waals surface area contributed by atoms with Crippen molar-refractivity contribution in [3.8, 4) is 11.5 Å². The number of aromatic nitrogens is 2. The first kappa shape index (κ1) is 16.4. The number of carbonyl (C=O) groups is 1. The molecular formula is C15H17N3O5S. The van der Waals surface area contributed by atoms with Crippen LogP contribution in [0.4, 0.5) is 0 Å². The molecule has 128 valence electrons. The lowest BCUT2D eigenvalue weighted by Gasteiger charge is -2.23. The van der Waals surface area contributed by atoms with Crippen molar-refractivity contribution >= 4 is 15.7 Å². The van der Waals surface area contributed by atoms with Crippen molar-refractivity contribution in [2.45, 2.75) is 19.0 Å². The first-order valence-corrected chi connectivity index (χ1v) is 9.26. The fraction of sp³-hybridized carbons (Fsp3) is 0.400. The summed E-state index contributed by atoms with van der Waals surface area (Å²) in [4.78, 5) is 25.7. The predicted octanol–water partition coefficient (Wildman–Crippen LogP) is 0.149. The number of hydrogen-bond acceptors (Lipinski definition) is 6. The van der Waals surface area contributed by atoms with Crippen molar-refractivity contribution in [2.75, 3.05) is 18.6 Å². The molecule has 0 aliphatic carbocycles. The van der Waals surface area contributed by atoms with Gasteiger partial charge >= 0.3 is 0 Å². The van der Waals surface area contributed by atoms with Gasteiger partial charge in [0.2, 0.25) is 5.91 Å². The molecule has 0 saturated carbocycles. The molecule has 0 radical (unpaired) electrons. The van der Waals surface area contributed by atoms with Crippen LogP contribution in [0.15, 0.2) is 39.7 Å². The van der Waals surface area contributed by atoms with Gasteiger partial charge in [-0.1, -0.05) is 0 Å². The molecule has 2 aromatic rings. The lowest BCUT2D eigenvalue weighted by Crippen LogP contribution is -2.41. The number of likely N-dealkylation sites (N-methyl/N-ethyl adjacent to an activating group) is 1. The lowest BCUT2D eigenvalue weighted by atomic mass is 10.2. The second-order valence-corrected chi connectivity index (χ2v) is 7.98. The number of rotatable bonds is 4. The summed E-state index contributed by atoms with van der Waals surface area (Å²) in [5.74, 6) is 0.181. The van der Waals surface area contributed by atoms with Crippen molar-refractivity contribution in [3.05, 3.63) is 40.9 Å². The average Bonchev–Trinajstić information content (AvgIpc) is 3.18. The molecule has 2 aromatic heterocycles. The Morgan fingerprint density at radius 2 is 2.21 bits per heavy atom. The Kier molecular flexibility index (Phi) is 4.27. The van der Waals surface area contributed by atoms with Gasteiger partial charge in [-0.15, -0.1) is 0 Å². The van der Waals surface area contributed by atoms with Gasteiger partial charge in [-0.3, -0.25) is 9.59 Å². The molecule has 1 fully saturated rings. The quantitative estimate of drug-likeness (QED) is 0.777. The van der Waals surface area contributed by atoms with E-state index in [2.05, 4.69) is 5.10 Å². The molecule has 0 spiro atoms. The van der Waals surface area contributed by atoms with E-state index in [1.165, 1.54) is 23.3 Å². The molecule has 24 heavy (non-hydrogen) atoms. The maximum atomic E-state index is 12.4. The fourth-order valence-corrected chi connectivity index (χ4v) is 4.42. The smallest absolute Gasteiger partial charge is 0.267 e. The van der Waals surface area contributed by atoms with Crippen molar-refractivity contribution in [2.24, 2.45) is 0 Å². The number of sulfone groups is 1. The SMILES string of the molecule is CN(C(=O)Cn1nc(-c2ccco2)ccc1=O)[C@@H]1CCS(=O)(=O)C1. The van der Waals surface area contributed by atoms with Gasteiger partial charge in [-0.25, -0.2) is 13.1 Å². The van der Waals surface area contributed by atoms with E-state index in [0.29, 0.717) is 17.9 Å². The molecule has 1 amide bonds. The first-order valence-electron chi connectivity index (χ1n) is 7.44. The van der Waals surface area contributed by atoms with Crippen molar-refractivity contribution in [3.63, 3.8) is 0 Å². The maximum Gasteiger partial charge on any atom is 0.267 e. The minimum atomic E-state index is -3.08. The summed E-state index contributed by atoms with van der Waals surface area (Å²) in [6.07, 6.45) is 1.91. The van der Waals surface area contributed by atoms with Crippen molar-refractivity contribution in [1.82, 2.24) is 14.7 Å². The van der Waals surface area contributed by atoms with E-state index in [0.717, 1.165) is 4.68 Å². The Balaban J connectivity index is 1.77. The minimum absolute atomic E-state index is 0.0377. The van der Waals surface area contributed by atoms with Gasteiger partial charge in [0, 0.05) is 19.2 Å². The van der Waals surface area contributed by atoms with Crippen LogP contribution in [-0.2, 0) is 21.2 Å². The van der Waals surface area contributed by atoms with Gasteiger partial charge in [0.15, 0.2) is 15.6 Å². The minimum Gasteiger partial charge on any atom is -0.463 e. The Morgan fingerprint density at radius 3 is 2.83 bits per heavy atom. The summed E-state index contributed by atoms with van der Waals surface area (Å²) in [7, 11) is -1.53. The largest absolute Gasteiger partial charge is 0.463 e. The lowest BCUT2D eigenvalue weighted by molar-refractivity contribution is -0.132. The van der Waals surface area contributed by atoms with Crippen LogP contribution in [0.25, 0.3) is 11.5 Å². The monoisotopic (exact) mass is 351 g/mol. The summed E-state index contributed by atoms with van der Waals surface area (Å²) in [6, 6.07) is 5.89. The molecule has 1 atom stereocenters. The van der Waals surface area contributed by atoms with E-state index in [-0.39, 0.29) is 30.0 Å². The number of nitrogens with zero attached hydrogens (tertiary/aromatic N) is 3. The molecule has 1 aliphatic rings. The summed E-state index contributed by atoms with van der Waals surface area (Å²) in [6.45, 7) is -0.250. The third-order valence-corrected chi connectivity index (χ3v) is 5.83. The second kappa shape index (κ2) is 6.23. The number of carbonyl (C=O) groups excluding carboxylic acids is 1. The Labute approximate surface area is 138 Å². The van der Waals surface area contributed by atoms with Crippen molar-refractivity contribution in [1.29, 1.82) is 0 Å². The molecule has 9 heteroatoms. The van der Waals surface area contributed by atoms with E-state index < -0.39 is 15.4 Å². The Hall–Kier alpha value is -2.42. The molecular weight excluding hydrogens is 334 g/mol. The van der Waals surface area contributed by atoms with Crippen LogP contribution in [0.2, 0.25) is 0 Å². The number of amides is 1. The molecule has 3 heterocycles. The molecule has 8 nitrogen and oxygen atoms in total. The molecule has 1 aliphatic heterocycles. The molecule has 0 bridgehead atoms. The highest BCUT2D eigenvalue weighted by molar-refractivity contribution is 7.91. The first-order chi connectivity index (χ1) is 11.4. The third-order valence-electron chi connectivity index (χ3n) is 4.07. The topological polar surface area (TPSA) is 102 Å². The highest BCUT2D eigenvalue weighted by atomic mass is 32.2. The molecule has 1 saturated heterocycles. The molecule has 0 unspecified atom stereocenters. The van der Waals surface area contributed by atoms with E-state index in [4.69, 9.17) is 4.42 Å². The summed E-state index contributed by atoms with van der Waals surface area (Å²) in [5.41, 5.74) is 0.0320. The van der Waals surface area contributed by atoms with Crippen LogP contribution in [0.3, 0.4) is 0 Å². The highest BCUT2D eigenvalue weighted by Crippen LogP contribution is 2.17. The predicted molar refractivity (Wildman–Crippen MR) is 86.0 cm³/mol. The zero-order valence-corrected chi connectivity index (χ0v) is 13.9. The van der Waals surface area contributed by atoms with E-state index in [9.17, 15) is 18.0 Å². The second-order valence-electron chi connectivity index (χ2n) is 5.75. The van der Waals surface area contributed by atoms with Gasteiger partial charge in [0.05, 0.1) is 17.8 Å². The standard InChI is InChI=1S/C15H17N3O5S/c1-17(11-6-8-24(21,22)10-11)15(20)9-18-14(19)5-4-12(16-18)13-3-2-7-23-13/h2-5,7,11H,6,8-10H2,1H3/t11-/m1/s1. The molecule has 3 rings (SSSR count). The summed E-state index contributed by atoms with van der Waals surface area (Å²) < 4.78 is 29.4. The van der Waals surface area contributed by atoms with Gasteiger partial charge in [0.1, 0.15) is 12.2 Å². The normalized spacial score (nSPS) is 19.3. The number of hydrogen-bond donors (Lipinski definition) is 0. The number of furan rings is 1. The average molecular weight is 351 g/mol. The van der Waals surface area contributed by atoms with E-state index >= 15 is 0 Å². The van der Waals surface area contributed by atoms with Gasteiger partial charge in [-0.05, 0) is 24.6 Å². The van der Waals surface area contributed by atoms with Crippen LogP contribution < -0.4 is 5.56 Å². The Bertz CT molecular complexity index is 901. The van der Waals surface area contributed by atoms with E-state index in [1.54, 1.807) is 19.2 Å². The summed E-state index contributed by atoms with van der Waals surface area (Å²) in [5, 5.41) is 4.14. The molecule has 0 aromatic carbocycles. The van der Waals surface area contributed by atoms with Crippen LogP contribution in [0.1, 0.15) is 6.42 Å². The highest BCUT2D eigenvalue weighted by Gasteiger charge is 2.32. The third kappa shape index (κ3) is 3.40. The van der Waals surface area contributed by atoms with Gasteiger partial charge in [0.25, 0.3) is 5.56 Å². The van der Waals surface area contributed by atoms with Crippen LogP contribution in [-0.4, -0.2) is 53.6 Å². The van der Waals surface area contributed by atoms with Crippen molar-refractivity contribution < 1.29 is 17.6 Å². The summed E-state index contributed by atoms with van der Waals surface area (Å²) >= 11 is 0. The van der Waals surface area contributed by atoms with Crippen LogP contribution >= 0.6 is 0 Å². The van der Waals surface area contributed by atoms with E-state index in [1.807, 2.05) is 0 Å². The van der Waals surface area contributed by atoms with Gasteiger partial charge in [-0.2, -0.15) is 5.10 Å². The van der Waals surface area contributed by atoms with Crippen LogP contribution in [0, 0.1) is 0 Å². The van der Waals surface area contributed by atoms with Crippen LogP contribution in [0.5, 0.6) is 0 Å². The molecule has 0 N–H and O–H groups in total. The Morgan fingerprint density at radius 1 is 1.42 bits per heavy atom. The van der Waals surface area contributed by atoms with Gasteiger partial charge < -0.3 is 9.32 Å².